The predicted octanol–water partition coefficient (Wildman–Crippen LogP) is 4.33. The molecule has 0 atom stereocenters. The molecular weight excluding hydrogens is 298 g/mol. The number of alkyl halides is 3. The highest BCUT2D eigenvalue weighted by atomic mass is 19.4. The van der Waals surface area contributed by atoms with Crippen LogP contribution in [0.5, 0.6) is 0 Å². The van der Waals surface area contributed by atoms with Crippen molar-refractivity contribution in [1.29, 1.82) is 0 Å². The number of nitrogens with one attached hydrogen (secondary N) is 1. The lowest BCUT2D eigenvalue weighted by atomic mass is 10.1. The van der Waals surface area contributed by atoms with Crippen LogP contribution in [0.1, 0.15) is 16.7 Å². The van der Waals surface area contributed by atoms with Crippen LogP contribution in [0.15, 0.2) is 42.5 Å². The molecule has 0 aliphatic rings. The summed E-state index contributed by atoms with van der Waals surface area (Å²) in [6.45, 7) is 1.35. The third-order valence-electron chi connectivity index (χ3n) is 3.08. The summed E-state index contributed by atoms with van der Waals surface area (Å²) in [6, 6.07) is 9.06. The van der Waals surface area contributed by atoms with Gasteiger partial charge in [0.1, 0.15) is 5.82 Å². The van der Waals surface area contributed by atoms with E-state index in [-0.39, 0.29) is 17.7 Å². The number of carbonyl (C=O) groups is 1. The first kappa shape index (κ1) is 16.0. The molecule has 0 aliphatic heterocycles. The van der Waals surface area contributed by atoms with Crippen molar-refractivity contribution >= 4 is 11.6 Å². The molecule has 0 spiro atoms. The molecule has 0 saturated carbocycles. The van der Waals surface area contributed by atoms with Crippen molar-refractivity contribution in [3.63, 3.8) is 0 Å². The Morgan fingerprint density at radius 3 is 2.50 bits per heavy atom. The van der Waals surface area contributed by atoms with E-state index >= 15 is 0 Å². The maximum Gasteiger partial charge on any atom is 0.416 e. The zero-order valence-electron chi connectivity index (χ0n) is 11.7. The van der Waals surface area contributed by atoms with Crippen molar-refractivity contribution in [2.24, 2.45) is 0 Å². The molecule has 116 valence electrons. The molecule has 2 nitrogen and oxygen atoms in total. The van der Waals surface area contributed by atoms with E-state index in [2.05, 4.69) is 5.32 Å². The van der Waals surface area contributed by atoms with Gasteiger partial charge in [-0.1, -0.05) is 18.2 Å². The van der Waals surface area contributed by atoms with Crippen molar-refractivity contribution in [3.05, 3.63) is 65.0 Å². The number of amides is 1. The van der Waals surface area contributed by atoms with Gasteiger partial charge in [-0.2, -0.15) is 13.2 Å². The standard InChI is InChI=1S/C16H13F4NO/c1-10-5-6-13(9-14(10)16(18,19)20)21-15(22)8-11-3-2-4-12(17)7-11/h2-7,9H,8H2,1H3,(H,21,22). The first-order valence-corrected chi connectivity index (χ1v) is 6.48. The van der Waals surface area contributed by atoms with Gasteiger partial charge in [0.05, 0.1) is 12.0 Å². The van der Waals surface area contributed by atoms with Crippen LogP contribution in [0.25, 0.3) is 0 Å². The van der Waals surface area contributed by atoms with Gasteiger partial charge in [0.15, 0.2) is 0 Å². The summed E-state index contributed by atoms with van der Waals surface area (Å²) in [5, 5.41) is 2.39. The van der Waals surface area contributed by atoms with Gasteiger partial charge >= 0.3 is 6.18 Å². The van der Waals surface area contributed by atoms with E-state index in [1.54, 1.807) is 6.07 Å². The summed E-state index contributed by atoms with van der Waals surface area (Å²) in [6.07, 6.45) is -4.60. The Morgan fingerprint density at radius 1 is 1.14 bits per heavy atom. The molecule has 0 aliphatic carbocycles. The second-order valence-electron chi connectivity index (χ2n) is 4.88. The molecule has 0 unspecified atom stereocenters. The summed E-state index contributed by atoms with van der Waals surface area (Å²) >= 11 is 0. The molecule has 0 saturated heterocycles. The van der Waals surface area contributed by atoms with Crippen LogP contribution in [-0.2, 0) is 17.4 Å². The van der Waals surface area contributed by atoms with E-state index in [0.29, 0.717) is 5.56 Å². The van der Waals surface area contributed by atoms with Gasteiger partial charge in [0, 0.05) is 5.69 Å². The third kappa shape index (κ3) is 4.07. The summed E-state index contributed by atoms with van der Waals surface area (Å²) in [5.41, 5.74) is -0.216. The van der Waals surface area contributed by atoms with Crippen molar-refractivity contribution in [3.8, 4) is 0 Å². The van der Waals surface area contributed by atoms with Crippen molar-refractivity contribution in [2.45, 2.75) is 19.5 Å². The molecular formula is C16H13F4NO. The Labute approximate surface area is 124 Å². The Hall–Kier alpha value is -2.37. The number of carbonyl (C=O) groups excluding carboxylic acids is 1. The fourth-order valence-corrected chi connectivity index (χ4v) is 2.04. The van der Waals surface area contributed by atoms with Crippen molar-refractivity contribution in [1.82, 2.24) is 0 Å². The molecule has 0 bridgehead atoms. The SMILES string of the molecule is Cc1ccc(NC(=O)Cc2cccc(F)c2)cc1C(F)(F)F. The quantitative estimate of drug-likeness (QED) is 0.840. The molecule has 22 heavy (non-hydrogen) atoms. The lowest BCUT2D eigenvalue weighted by Crippen LogP contribution is -2.16. The minimum absolute atomic E-state index is 0.0549. The van der Waals surface area contributed by atoms with Crippen LogP contribution < -0.4 is 5.32 Å². The highest BCUT2D eigenvalue weighted by Gasteiger charge is 2.32. The highest BCUT2D eigenvalue weighted by Crippen LogP contribution is 2.33. The van der Waals surface area contributed by atoms with Crippen molar-refractivity contribution < 1.29 is 22.4 Å². The monoisotopic (exact) mass is 311 g/mol. The highest BCUT2D eigenvalue weighted by molar-refractivity contribution is 5.92. The number of hydrogen-bond acceptors (Lipinski definition) is 1. The fraction of sp³-hybridized carbons (Fsp3) is 0.188. The van der Waals surface area contributed by atoms with Crippen LogP contribution >= 0.6 is 0 Å². The van der Waals surface area contributed by atoms with Gasteiger partial charge in [-0.3, -0.25) is 4.79 Å². The third-order valence-corrected chi connectivity index (χ3v) is 3.08. The Morgan fingerprint density at radius 2 is 1.86 bits per heavy atom. The van der Waals surface area contributed by atoms with Crippen molar-refractivity contribution in [2.75, 3.05) is 5.32 Å². The Balaban J connectivity index is 2.12. The second kappa shape index (κ2) is 6.17. The first-order valence-electron chi connectivity index (χ1n) is 6.48. The molecule has 2 rings (SSSR count). The van der Waals surface area contributed by atoms with E-state index < -0.39 is 23.5 Å². The number of hydrogen-bond donors (Lipinski definition) is 1. The van der Waals surface area contributed by atoms with E-state index in [4.69, 9.17) is 0 Å². The minimum atomic E-state index is -4.48. The van der Waals surface area contributed by atoms with E-state index in [1.165, 1.54) is 37.3 Å². The maximum atomic E-state index is 13.0. The van der Waals surface area contributed by atoms with Gasteiger partial charge in [0.25, 0.3) is 0 Å². The minimum Gasteiger partial charge on any atom is -0.326 e. The van der Waals surface area contributed by atoms with Gasteiger partial charge in [-0.05, 0) is 42.3 Å². The van der Waals surface area contributed by atoms with Crippen LogP contribution in [0.3, 0.4) is 0 Å². The maximum absolute atomic E-state index is 13.0. The van der Waals surface area contributed by atoms with Crippen LogP contribution in [0.2, 0.25) is 0 Å². The fourth-order valence-electron chi connectivity index (χ4n) is 2.04. The molecule has 0 heterocycles. The van der Waals surface area contributed by atoms with E-state index in [9.17, 15) is 22.4 Å². The average Bonchev–Trinajstić information content (AvgIpc) is 2.39. The number of benzene rings is 2. The number of halogens is 4. The first-order chi connectivity index (χ1) is 10.3. The topological polar surface area (TPSA) is 29.1 Å². The largest absolute Gasteiger partial charge is 0.416 e. The lowest BCUT2D eigenvalue weighted by Gasteiger charge is -2.12. The summed E-state index contributed by atoms with van der Waals surface area (Å²) in [4.78, 5) is 11.8. The average molecular weight is 311 g/mol. The lowest BCUT2D eigenvalue weighted by molar-refractivity contribution is -0.138. The van der Waals surface area contributed by atoms with E-state index in [0.717, 1.165) is 6.07 Å². The molecule has 1 amide bonds. The second-order valence-corrected chi connectivity index (χ2v) is 4.88. The smallest absolute Gasteiger partial charge is 0.326 e. The van der Waals surface area contributed by atoms with Crippen LogP contribution in [0.4, 0.5) is 23.2 Å². The number of rotatable bonds is 3. The summed E-state index contributed by atoms with van der Waals surface area (Å²) in [5.74, 6) is -0.984. The van der Waals surface area contributed by atoms with Gasteiger partial charge in [0.2, 0.25) is 5.91 Å². The molecule has 6 heteroatoms. The number of anilines is 1. The zero-order valence-corrected chi connectivity index (χ0v) is 11.7. The molecule has 0 aromatic heterocycles. The molecule has 0 radical (unpaired) electrons. The summed E-state index contributed by atoms with van der Waals surface area (Å²) < 4.78 is 51.4. The van der Waals surface area contributed by atoms with Gasteiger partial charge in [-0.15, -0.1) is 0 Å². The molecule has 0 fully saturated rings. The molecule has 2 aromatic rings. The Kier molecular flexibility index (Phi) is 4.49. The normalized spacial score (nSPS) is 11.3. The number of aryl methyl sites for hydroxylation is 1. The van der Waals surface area contributed by atoms with Gasteiger partial charge < -0.3 is 5.32 Å². The molecule has 2 aromatic carbocycles. The Bertz CT molecular complexity index is 695. The molecule has 1 N–H and O–H groups in total. The van der Waals surface area contributed by atoms with Crippen LogP contribution in [0, 0.1) is 12.7 Å². The van der Waals surface area contributed by atoms with Gasteiger partial charge in [-0.25, -0.2) is 4.39 Å². The zero-order chi connectivity index (χ0) is 16.3. The predicted molar refractivity (Wildman–Crippen MR) is 74.9 cm³/mol. The van der Waals surface area contributed by atoms with E-state index in [1.807, 2.05) is 0 Å². The summed E-state index contributed by atoms with van der Waals surface area (Å²) in [7, 11) is 0. The van der Waals surface area contributed by atoms with Crippen LogP contribution in [-0.4, -0.2) is 5.91 Å².